The SMILES string of the molecule is Cc1ccc(S(=O)(=O)N(C)c2ccccc2C(=O)N2CCN(c3cccc(Cl)c3)CC2)cc1. The molecule has 4 rings (SSSR count). The molecule has 0 saturated carbocycles. The van der Waals surface area contributed by atoms with Crippen LogP contribution in [0.5, 0.6) is 0 Å². The van der Waals surface area contributed by atoms with Gasteiger partial charge in [0.2, 0.25) is 0 Å². The Balaban J connectivity index is 1.54. The van der Waals surface area contributed by atoms with E-state index in [1.54, 1.807) is 53.4 Å². The van der Waals surface area contributed by atoms with E-state index in [4.69, 9.17) is 11.6 Å². The number of nitrogens with zero attached hydrogens (tertiary/aromatic N) is 3. The van der Waals surface area contributed by atoms with E-state index in [0.717, 1.165) is 11.3 Å². The smallest absolute Gasteiger partial charge is 0.264 e. The highest BCUT2D eigenvalue weighted by Crippen LogP contribution is 2.28. The lowest BCUT2D eigenvalue weighted by molar-refractivity contribution is 0.0747. The van der Waals surface area contributed by atoms with E-state index in [1.807, 2.05) is 31.2 Å². The van der Waals surface area contributed by atoms with Crippen LogP contribution < -0.4 is 9.21 Å². The second-order valence-corrected chi connectivity index (χ2v) is 10.5. The highest BCUT2D eigenvalue weighted by molar-refractivity contribution is 7.92. The van der Waals surface area contributed by atoms with Gasteiger partial charge in [-0.1, -0.05) is 47.5 Å². The second kappa shape index (κ2) is 9.45. The van der Waals surface area contributed by atoms with Gasteiger partial charge in [0.1, 0.15) is 0 Å². The predicted octanol–water partition coefficient (Wildman–Crippen LogP) is 4.44. The molecule has 8 heteroatoms. The van der Waals surface area contributed by atoms with E-state index < -0.39 is 10.0 Å². The Labute approximate surface area is 200 Å². The summed E-state index contributed by atoms with van der Waals surface area (Å²) in [4.78, 5) is 17.5. The first-order chi connectivity index (χ1) is 15.8. The van der Waals surface area contributed by atoms with Crippen molar-refractivity contribution >= 4 is 38.9 Å². The Morgan fingerprint density at radius 1 is 0.909 bits per heavy atom. The van der Waals surface area contributed by atoms with Crippen LogP contribution in [-0.4, -0.2) is 52.5 Å². The van der Waals surface area contributed by atoms with Crippen molar-refractivity contribution in [2.75, 3.05) is 42.4 Å². The quantitative estimate of drug-likeness (QED) is 0.538. The van der Waals surface area contributed by atoms with Gasteiger partial charge in [0, 0.05) is 43.9 Å². The predicted molar refractivity (Wildman–Crippen MR) is 133 cm³/mol. The standard InChI is InChI=1S/C25H26ClN3O3S/c1-19-10-12-22(13-11-19)33(31,32)27(2)24-9-4-3-8-23(24)25(30)29-16-14-28(15-17-29)21-7-5-6-20(26)18-21/h3-13,18H,14-17H2,1-2H3. The van der Waals surface area contributed by atoms with Crippen molar-refractivity contribution in [2.45, 2.75) is 11.8 Å². The number of piperazine rings is 1. The molecule has 0 unspecified atom stereocenters. The van der Waals surface area contributed by atoms with Crippen molar-refractivity contribution in [3.05, 3.63) is 88.9 Å². The lowest BCUT2D eigenvalue weighted by Gasteiger charge is -2.36. The summed E-state index contributed by atoms with van der Waals surface area (Å²) < 4.78 is 27.6. The number of anilines is 2. The van der Waals surface area contributed by atoms with Gasteiger partial charge in [-0.15, -0.1) is 0 Å². The van der Waals surface area contributed by atoms with Crippen LogP contribution in [0.4, 0.5) is 11.4 Å². The zero-order valence-electron chi connectivity index (χ0n) is 18.6. The minimum Gasteiger partial charge on any atom is -0.368 e. The summed E-state index contributed by atoms with van der Waals surface area (Å²) in [6.07, 6.45) is 0. The number of hydrogen-bond donors (Lipinski definition) is 0. The van der Waals surface area contributed by atoms with E-state index in [2.05, 4.69) is 4.90 Å². The summed E-state index contributed by atoms with van der Waals surface area (Å²) in [6.45, 7) is 4.32. The zero-order valence-corrected chi connectivity index (χ0v) is 20.2. The fraction of sp³-hybridized carbons (Fsp3) is 0.240. The molecule has 6 nitrogen and oxygen atoms in total. The number of amides is 1. The molecule has 1 aliphatic rings. The van der Waals surface area contributed by atoms with Gasteiger partial charge in [0.05, 0.1) is 16.1 Å². The topological polar surface area (TPSA) is 60.9 Å². The highest BCUT2D eigenvalue weighted by atomic mass is 35.5. The number of hydrogen-bond acceptors (Lipinski definition) is 4. The van der Waals surface area contributed by atoms with E-state index in [1.165, 1.54) is 11.4 Å². The maximum atomic E-state index is 13.4. The van der Waals surface area contributed by atoms with Crippen molar-refractivity contribution in [3.8, 4) is 0 Å². The maximum Gasteiger partial charge on any atom is 0.264 e. The minimum atomic E-state index is -3.80. The third-order valence-electron chi connectivity index (χ3n) is 5.89. The van der Waals surface area contributed by atoms with Crippen molar-refractivity contribution in [1.82, 2.24) is 4.90 Å². The average molecular weight is 484 g/mol. The van der Waals surface area contributed by atoms with Crippen LogP contribution in [-0.2, 0) is 10.0 Å². The molecule has 172 valence electrons. The van der Waals surface area contributed by atoms with Crippen LogP contribution in [0.15, 0.2) is 77.7 Å². The molecule has 1 aliphatic heterocycles. The van der Waals surface area contributed by atoms with Crippen molar-refractivity contribution in [3.63, 3.8) is 0 Å². The number of aryl methyl sites for hydroxylation is 1. The first kappa shape index (κ1) is 23.1. The molecule has 0 spiro atoms. The normalized spacial score (nSPS) is 14.3. The van der Waals surface area contributed by atoms with Gasteiger partial charge in [-0.2, -0.15) is 0 Å². The molecule has 1 saturated heterocycles. The Bertz CT molecular complexity index is 1250. The van der Waals surface area contributed by atoms with Crippen molar-refractivity contribution in [1.29, 1.82) is 0 Å². The van der Waals surface area contributed by atoms with Crippen LogP contribution in [0, 0.1) is 6.92 Å². The molecular weight excluding hydrogens is 458 g/mol. The number of halogens is 1. The van der Waals surface area contributed by atoms with Crippen LogP contribution in [0.2, 0.25) is 5.02 Å². The number of sulfonamides is 1. The molecule has 33 heavy (non-hydrogen) atoms. The molecule has 0 atom stereocenters. The molecule has 3 aromatic carbocycles. The van der Waals surface area contributed by atoms with E-state index in [0.29, 0.717) is 42.5 Å². The van der Waals surface area contributed by atoms with Gasteiger partial charge < -0.3 is 9.80 Å². The van der Waals surface area contributed by atoms with E-state index in [-0.39, 0.29) is 10.8 Å². The Morgan fingerprint density at radius 2 is 1.58 bits per heavy atom. The maximum absolute atomic E-state index is 13.4. The molecule has 3 aromatic rings. The van der Waals surface area contributed by atoms with Gasteiger partial charge in [-0.3, -0.25) is 9.10 Å². The Kier molecular flexibility index (Phi) is 6.63. The van der Waals surface area contributed by atoms with Crippen LogP contribution in [0.1, 0.15) is 15.9 Å². The molecule has 1 fully saturated rings. The molecule has 0 aliphatic carbocycles. The molecular formula is C25H26ClN3O3S. The zero-order chi connectivity index (χ0) is 23.6. The number of carbonyl (C=O) groups excluding carboxylic acids is 1. The number of benzene rings is 3. The fourth-order valence-corrected chi connectivity index (χ4v) is 5.34. The summed E-state index contributed by atoms with van der Waals surface area (Å²) in [5.74, 6) is -0.178. The van der Waals surface area contributed by atoms with Crippen LogP contribution in [0.3, 0.4) is 0 Å². The Hall–Kier alpha value is -3.03. The fourth-order valence-electron chi connectivity index (χ4n) is 3.94. The van der Waals surface area contributed by atoms with Crippen LogP contribution in [0.25, 0.3) is 0 Å². The molecule has 1 heterocycles. The summed E-state index contributed by atoms with van der Waals surface area (Å²) >= 11 is 6.11. The number of rotatable bonds is 5. The lowest BCUT2D eigenvalue weighted by atomic mass is 10.1. The molecule has 0 bridgehead atoms. The third kappa shape index (κ3) is 4.84. The summed E-state index contributed by atoms with van der Waals surface area (Å²) in [6, 6.07) is 21.2. The van der Waals surface area contributed by atoms with Gasteiger partial charge in [-0.05, 0) is 49.4 Å². The number of carbonyl (C=O) groups is 1. The summed E-state index contributed by atoms with van der Waals surface area (Å²) in [7, 11) is -2.32. The monoisotopic (exact) mass is 483 g/mol. The van der Waals surface area contributed by atoms with E-state index >= 15 is 0 Å². The largest absolute Gasteiger partial charge is 0.368 e. The molecule has 1 amide bonds. The first-order valence-corrected chi connectivity index (χ1v) is 12.5. The molecule has 0 N–H and O–H groups in total. The van der Waals surface area contributed by atoms with E-state index in [9.17, 15) is 13.2 Å². The Morgan fingerprint density at radius 3 is 2.24 bits per heavy atom. The van der Waals surface area contributed by atoms with Crippen molar-refractivity contribution in [2.24, 2.45) is 0 Å². The molecule has 0 radical (unpaired) electrons. The van der Waals surface area contributed by atoms with Crippen LogP contribution >= 0.6 is 11.6 Å². The van der Waals surface area contributed by atoms with Gasteiger partial charge in [-0.25, -0.2) is 8.42 Å². The summed E-state index contributed by atoms with van der Waals surface area (Å²) in [5.41, 5.74) is 2.73. The van der Waals surface area contributed by atoms with Gasteiger partial charge >= 0.3 is 0 Å². The third-order valence-corrected chi connectivity index (χ3v) is 7.91. The number of para-hydroxylation sites is 1. The summed E-state index contributed by atoms with van der Waals surface area (Å²) in [5, 5.41) is 0.678. The molecule has 0 aromatic heterocycles. The van der Waals surface area contributed by atoms with Crippen molar-refractivity contribution < 1.29 is 13.2 Å². The average Bonchev–Trinajstić information content (AvgIpc) is 2.83. The lowest BCUT2D eigenvalue weighted by Crippen LogP contribution is -2.49. The van der Waals surface area contributed by atoms with Gasteiger partial charge in [0.25, 0.3) is 15.9 Å². The minimum absolute atomic E-state index is 0.178. The van der Waals surface area contributed by atoms with Gasteiger partial charge in [0.15, 0.2) is 0 Å². The first-order valence-electron chi connectivity index (χ1n) is 10.7. The highest BCUT2D eigenvalue weighted by Gasteiger charge is 2.28. The second-order valence-electron chi connectivity index (χ2n) is 8.06.